The molecule has 0 saturated heterocycles. The Labute approximate surface area is 120 Å². The minimum Gasteiger partial charge on any atom is -0.481 e. The van der Waals surface area contributed by atoms with Crippen LogP contribution in [0, 0.1) is 24.0 Å². The van der Waals surface area contributed by atoms with Gasteiger partial charge in [0.25, 0.3) is 5.91 Å². The van der Waals surface area contributed by atoms with Crippen LogP contribution in [0.1, 0.15) is 10.4 Å². The molecule has 0 atom stereocenters. The van der Waals surface area contributed by atoms with Crippen molar-refractivity contribution in [2.24, 2.45) is 0 Å². The Morgan fingerprint density at radius 1 is 1.19 bits per heavy atom. The van der Waals surface area contributed by atoms with Gasteiger partial charge in [0.05, 0.1) is 5.56 Å². The molecule has 2 aromatic carbocycles. The summed E-state index contributed by atoms with van der Waals surface area (Å²) in [5, 5.41) is 2.47. The SMILES string of the molecule is C#CCOc1ccc(NC(=O)c2cc(F)ccc2F)cc1. The molecule has 0 fully saturated rings. The molecule has 5 heteroatoms. The summed E-state index contributed by atoms with van der Waals surface area (Å²) in [4.78, 5) is 11.9. The molecule has 0 radical (unpaired) electrons. The minimum absolute atomic E-state index is 0.139. The van der Waals surface area contributed by atoms with E-state index in [1.54, 1.807) is 24.3 Å². The Hall–Kier alpha value is -2.87. The van der Waals surface area contributed by atoms with Gasteiger partial charge in [0.15, 0.2) is 0 Å². The molecule has 0 spiro atoms. The van der Waals surface area contributed by atoms with Gasteiger partial charge in [-0.05, 0) is 42.5 Å². The lowest BCUT2D eigenvalue weighted by molar-refractivity contribution is 0.102. The Morgan fingerprint density at radius 3 is 2.57 bits per heavy atom. The van der Waals surface area contributed by atoms with Crippen LogP contribution in [0.5, 0.6) is 5.75 Å². The van der Waals surface area contributed by atoms with Gasteiger partial charge in [-0.2, -0.15) is 0 Å². The first-order valence-electron chi connectivity index (χ1n) is 6.03. The molecule has 0 bridgehead atoms. The van der Waals surface area contributed by atoms with E-state index >= 15 is 0 Å². The molecule has 0 aliphatic carbocycles. The summed E-state index contributed by atoms with van der Waals surface area (Å²) >= 11 is 0. The number of benzene rings is 2. The maximum absolute atomic E-state index is 13.5. The number of carbonyl (C=O) groups is 1. The average molecular weight is 287 g/mol. The van der Waals surface area contributed by atoms with Crippen LogP contribution >= 0.6 is 0 Å². The van der Waals surface area contributed by atoms with Gasteiger partial charge in [0.1, 0.15) is 24.0 Å². The number of anilines is 1. The number of carbonyl (C=O) groups excluding carboxylic acids is 1. The van der Waals surface area contributed by atoms with Crippen molar-refractivity contribution in [3.8, 4) is 18.1 Å². The molecule has 2 rings (SSSR count). The van der Waals surface area contributed by atoms with Gasteiger partial charge in [-0.1, -0.05) is 5.92 Å². The summed E-state index contributed by atoms with van der Waals surface area (Å²) in [5.41, 5.74) is 0.0689. The van der Waals surface area contributed by atoms with E-state index < -0.39 is 17.5 Å². The van der Waals surface area contributed by atoms with Crippen molar-refractivity contribution in [2.75, 3.05) is 11.9 Å². The fraction of sp³-hybridized carbons (Fsp3) is 0.0625. The van der Waals surface area contributed by atoms with E-state index in [1.165, 1.54) is 0 Å². The van der Waals surface area contributed by atoms with Crippen molar-refractivity contribution in [1.82, 2.24) is 0 Å². The minimum atomic E-state index is -0.789. The van der Waals surface area contributed by atoms with Crippen LogP contribution in [0.15, 0.2) is 42.5 Å². The lowest BCUT2D eigenvalue weighted by Gasteiger charge is -2.07. The summed E-state index contributed by atoms with van der Waals surface area (Å²) in [7, 11) is 0. The fourth-order valence-electron chi connectivity index (χ4n) is 1.63. The third-order valence-electron chi connectivity index (χ3n) is 2.61. The first-order chi connectivity index (χ1) is 10.1. The molecule has 0 aromatic heterocycles. The van der Waals surface area contributed by atoms with Crippen LogP contribution in [-0.2, 0) is 0 Å². The number of terminal acetylenes is 1. The van der Waals surface area contributed by atoms with Crippen molar-refractivity contribution in [2.45, 2.75) is 0 Å². The van der Waals surface area contributed by atoms with E-state index in [0.717, 1.165) is 18.2 Å². The molecule has 0 aliphatic rings. The molecule has 0 heterocycles. The third-order valence-corrected chi connectivity index (χ3v) is 2.61. The Bertz CT molecular complexity index is 690. The lowest BCUT2D eigenvalue weighted by Crippen LogP contribution is -2.14. The van der Waals surface area contributed by atoms with Crippen LogP contribution in [0.3, 0.4) is 0 Å². The largest absolute Gasteiger partial charge is 0.481 e. The van der Waals surface area contributed by atoms with E-state index in [2.05, 4.69) is 11.2 Å². The standard InChI is InChI=1S/C16H11F2NO2/c1-2-9-21-13-6-4-12(5-7-13)19-16(20)14-10-11(17)3-8-15(14)18/h1,3-8,10H,9H2,(H,19,20). The molecule has 0 aliphatic heterocycles. The molecule has 2 aromatic rings. The van der Waals surface area contributed by atoms with E-state index in [1.807, 2.05) is 0 Å². The van der Waals surface area contributed by atoms with Crippen molar-refractivity contribution in [3.63, 3.8) is 0 Å². The number of hydrogen-bond acceptors (Lipinski definition) is 2. The second kappa shape index (κ2) is 6.53. The van der Waals surface area contributed by atoms with E-state index in [4.69, 9.17) is 11.2 Å². The zero-order valence-corrected chi connectivity index (χ0v) is 10.9. The number of nitrogens with one attached hydrogen (secondary N) is 1. The lowest BCUT2D eigenvalue weighted by atomic mass is 10.2. The van der Waals surface area contributed by atoms with Crippen LogP contribution < -0.4 is 10.1 Å². The highest BCUT2D eigenvalue weighted by Gasteiger charge is 2.13. The van der Waals surface area contributed by atoms with Crippen molar-refractivity contribution >= 4 is 11.6 Å². The van der Waals surface area contributed by atoms with Crippen molar-refractivity contribution in [1.29, 1.82) is 0 Å². The number of halogens is 2. The second-order valence-corrected chi connectivity index (χ2v) is 4.10. The van der Waals surface area contributed by atoms with E-state index in [0.29, 0.717) is 11.4 Å². The molecule has 3 nitrogen and oxygen atoms in total. The van der Waals surface area contributed by atoms with Crippen molar-refractivity contribution < 1.29 is 18.3 Å². The second-order valence-electron chi connectivity index (χ2n) is 4.10. The highest BCUT2D eigenvalue weighted by Crippen LogP contribution is 2.17. The quantitative estimate of drug-likeness (QED) is 0.877. The summed E-state index contributed by atoms with van der Waals surface area (Å²) in [6.45, 7) is 0.139. The first kappa shape index (κ1) is 14.5. The van der Waals surface area contributed by atoms with Crippen molar-refractivity contribution in [3.05, 3.63) is 59.7 Å². The Balaban J connectivity index is 2.09. The zero-order chi connectivity index (χ0) is 15.2. The van der Waals surface area contributed by atoms with Gasteiger partial charge in [0.2, 0.25) is 0 Å². The van der Waals surface area contributed by atoms with Crippen LogP contribution in [-0.4, -0.2) is 12.5 Å². The molecule has 1 amide bonds. The molecule has 106 valence electrons. The molecular formula is C16H11F2NO2. The summed E-state index contributed by atoms with van der Waals surface area (Å²) in [6, 6.07) is 9.05. The normalized spacial score (nSPS) is 9.76. The average Bonchev–Trinajstić information content (AvgIpc) is 2.49. The highest BCUT2D eigenvalue weighted by atomic mass is 19.1. The van der Waals surface area contributed by atoms with Crippen LogP contribution in [0.2, 0.25) is 0 Å². The van der Waals surface area contributed by atoms with E-state index in [-0.39, 0.29) is 12.2 Å². The molecular weight excluding hydrogens is 276 g/mol. The molecule has 0 saturated carbocycles. The van der Waals surface area contributed by atoms with Gasteiger partial charge in [-0.3, -0.25) is 4.79 Å². The highest BCUT2D eigenvalue weighted by molar-refractivity contribution is 6.04. The Kier molecular flexibility index (Phi) is 4.52. The number of ether oxygens (including phenoxy) is 1. The van der Waals surface area contributed by atoms with E-state index in [9.17, 15) is 13.6 Å². The Morgan fingerprint density at radius 2 is 1.90 bits per heavy atom. The fourth-order valence-corrected chi connectivity index (χ4v) is 1.63. The maximum Gasteiger partial charge on any atom is 0.258 e. The monoisotopic (exact) mass is 287 g/mol. The predicted octanol–water partition coefficient (Wildman–Crippen LogP) is 3.23. The van der Waals surface area contributed by atoms with Gasteiger partial charge in [-0.25, -0.2) is 8.78 Å². The van der Waals surface area contributed by atoms with Gasteiger partial charge in [0, 0.05) is 5.69 Å². The summed E-state index contributed by atoms with van der Waals surface area (Å²) < 4.78 is 31.7. The van der Waals surface area contributed by atoms with Crippen LogP contribution in [0.25, 0.3) is 0 Å². The zero-order valence-electron chi connectivity index (χ0n) is 10.9. The summed E-state index contributed by atoms with van der Waals surface area (Å²) in [6.07, 6.45) is 5.06. The molecule has 21 heavy (non-hydrogen) atoms. The predicted molar refractivity (Wildman–Crippen MR) is 75.1 cm³/mol. The number of hydrogen-bond donors (Lipinski definition) is 1. The third kappa shape index (κ3) is 3.80. The van der Waals surface area contributed by atoms with Gasteiger partial charge < -0.3 is 10.1 Å². The number of rotatable bonds is 4. The first-order valence-corrected chi connectivity index (χ1v) is 6.03. The van der Waals surface area contributed by atoms with Gasteiger partial charge >= 0.3 is 0 Å². The summed E-state index contributed by atoms with van der Waals surface area (Å²) in [5.74, 6) is 0.669. The number of amides is 1. The topological polar surface area (TPSA) is 38.3 Å². The molecule has 0 unspecified atom stereocenters. The smallest absolute Gasteiger partial charge is 0.258 e. The van der Waals surface area contributed by atoms with Crippen LogP contribution in [0.4, 0.5) is 14.5 Å². The molecule has 1 N–H and O–H groups in total. The maximum atomic E-state index is 13.5. The van der Waals surface area contributed by atoms with Gasteiger partial charge in [-0.15, -0.1) is 6.42 Å².